The highest BCUT2D eigenvalue weighted by atomic mass is 32.2. The number of hydrogen-bond donors (Lipinski definition) is 1. The van der Waals surface area contributed by atoms with Crippen LogP contribution >= 0.6 is 11.8 Å². The summed E-state index contributed by atoms with van der Waals surface area (Å²) in [5.74, 6) is 0. The molecule has 0 unspecified atom stereocenters. The Morgan fingerprint density at radius 3 is 2.68 bits per heavy atom. The van der Waals surface area contributed by atoms with Crippen LogP contribution < -0.4 is 5.32 Å². The second-order valence-corrected chi connectivity index (χ2v) is 7.64. The first-order valence-corrected chi connectivity index (χ1v) is 10.5. The third-order valence-corrected chi connectivity index (χ3v) is 5.81. The minimum atomic E-state index is 0.0758. The Balaban J connectivity index is 1.52. The standard InChI is InChI=1S/C19H29N3O2S/c1-25-18-7-5-16(6-8-18)14-20-19(23)22-9-3-2-4-17(22)15-21-10-12-24-13-11-21/h5-8,17H,2-4,9-15H2,1H3,(H,20,23)/t17-/m1/s1. The molecule has 2 aliphatic rings. The number of amides is 2. The maximum atomic E-state index is 12.7. The predicted octanol–water partition coefficient (Wildman–Crippen LogP) is 2.80. The fourth-order valence-electron chi connectivity index (χ4n) is 3.56. The number of carbonyl (C=O) groups excluding carboxylic acids is 1. The van der Waals surface area contributed by atoms with Crippen molar-refractivity contribution in [2.45, 2.75) is 36.7 Å². The van der Waals surface area contributed by atoms with Crippen molar-refractivity contribution in [3.63, 3.8) is 0 Å². The maximum absolute atomic E-state index is 12.7. The lowest BCUT2D eigenvalue weighted by molar-refractivity contribution is 0.0221. The molecule has 0 bridgehead atoms. The van der Waals surface area contributed by atoms with Crippen molar-refractivity contribution in [2.24, 2.45) is 0 Å². The molecule has 2 saturated heterocycles. The first-order valence-electron chi connectivity index (χ1n) is 9.24. The van der Waals surface area contributed by atoms with Gasteiger partial charge in [-0.2, -0.15) is 0 Å². The van der Waals surface area contributed by atoms with E-state index >= 15 is 0 Å². The van der Waals surface area contributed by atoms with Gasteiger partial charge in [0.05, 0.1) is 13.2 Å². The highest BCUT2D eigenvalue weighted by Crippen LogP contribution is 2.19. The molecule has 25 heavy (non-hydrogen) atoms. The Labute approximate surface area is 155 Å². The SMILES string of the molecule is CSc1ccc(CNC(=O)N2CCCC[C@@H]2CN2CCOCC2)cc1. The zero-order valence-corrected chi connectivity index (χ0v) is 15.9. The van der Waals surface area contributed by atoms with E-state index in [1.54, 1.807) is 11.8 Å². The first-order chi connectivity index (χ1) is 12.3. The van der Waals surface area contributed by atoms with Crippen molar-refractivity contribution < 1.29 is 9.53 Å². The van der Waals surface area contributed by atoms with Crippen LogP contribution in [0.25, 0.3) is 0 Å². The number of morpholine rings is 1. The van der Waals surface area contributed by atoms with Crippen LogP contribution in [0.4, 0.5) is 4.79 Å². The summed E-state index contributed by atoms with van der Waals surface area (Å²) >= 11 is 1.73. The Bertz CT molecular complexity index is 546. The van der Waals surface area contributed by atoms with Crippen molar-refractivity contribution in [3.05, 3.63) is 29.8 Å². The smallest absolute Gasteiger partial charge is 0.317 e. The fourth-order valence-corrected chi connectivity index (χ4v) is 3.97. The summed E-state index contributed by atoms with van der Waals surface area (Å²) in [6.07, 6.45) is 5.50. The second-order valence-electron chi connectivity index (χ2n) is 6.76. The predicted molar refractivity (Wildman–Crippen MR) is 102 cm³/mol. The zero-order valence-electron chi connectivity index (χ0n) is 15.1. The van der Waals surface area contributed by atoms with Gasteiger partial charge in [-0.3, -0.25) is 4.90 Å². The molecule has 0 aromatic heterocycles. The Hall–Kier alpha value is -1.24. The van der Waals surface area contributed by atoms with Crippen molar-refractivity contribution in [1.29, 1.82) is 0 Å². The molecular formula is C19H29N3O2S. The minimum absolute atomic E-state index is 0.0758. The molecule has 1 aromatic rings. The summed E-state index contributed by atoms with van der Waals surface area (Å²) in [6, 6.07) is 8.79. The van der Waals surface area contributed by atoms with E-state index in [0.29, 0.717) is 12.6 Å². The topological polar surface area (TPSA) is 44.8 Å². The third kappa shape index (κ3) is 5.36. The van der Waals surface area contributed by atoms with Crippen molar-refractivity contribution in [2.75, 3.05) is 45.6 Å². The van der Waals surface area contributed by atoms with Crippen LogP contribution in [0.2, 0.25) is 0 Å². The summed E-state index contributed by atoms with van der Waals surface area (Å²) in [5, 5.41) is 3.11. The molecule has 3 rings (SSSR count). The number of nitrogens with zero attached hydrogens (tertiary/aromatic N) is 2. The van der Waals surface area contributed by atoms with E-state index in [9.17, 15) is 4.79 Å². The highest BCUT2D eigenvalue weighted by Gasteiger charge is 2.28. The van der Waals surface area contributed by atoms with Crippen LogP contribution in [0, 0.1) is 0 Å². The zero-order chi connectivity index (χ0) is 17.5. The van der Waals surface area contributed by atoms with Gasteiger partial charge in [-0.25, -0.2) is 4.79 Å². The van der Waals surface area contributed by atoms with E-state index in [4.69, 9.17) is 4.74 Å². The summed E-state index contributed by atoms with van der Waals surface area (Å²) in [7, 11) is 0. The van der Waals surface area contributed by atoms with Crippen molar-refractivity contribution in [3.8, 4) is 0 Å². The normalized spacial score (nSPS) is 22.0. The van der Waals surface area contributed by atoms with Gasteiger partial charge >= 0.3 is 6.03 Å². The number of urea groups is 1. The summed E-state index contributed by atoms with van der Waals surface area (Å²) < 4.78 is 5.43. The average molecular weight is 364 g/mol. The lowest BCUT2D eigenvalue weighted by Gasteiger charge is -2.39. The molecule has 6 heteroatoms. The maximum Gasteiger partial charge on any atom is 0.317 e. The van der Waals surface area contributed by atoms with Crippen LogP contribution in [0.15, 0.2) is 29.2 Å². The molecule has 0 aliphatic carbocycles. The Morgan fingerprint density at radius 2 is 1.96 bits per heavy atom. The number of rotatable bonds is 5. The van der Waals surface area contributed by atoms with Gasteiger partial charge in [-0.05, 0) is 43.2 Å². The monoisotopic (exact) mass is 363 g/mol. The van der Waals surface area contributed by atoms with E-state index in [-0.39, 0.29) is 6.03 Å². The van der Waals surface area contributed by atoms with Gasteiger partial charge in [0.15, 0.2) is 0 Å². The van der Waals surface area contributed by atoms with E-state index < -0.39 is 0 Å². The molecule has 138 valence electrons. The van der Waals surface area contributed by atoms with Gasteiger partial charge in [-0.15, -0.1) is 11.8 Å². The fraction of sp³-hybridized carbons (Fsp3) is 0.632. The lowest BCUT2D eigenvalue weighted by atomic mass is 10.0. The summed E-state index contributed by atoms with van der Waals surface area (Å²) in [5.41, 5.74) is 1.15. The molecule has 1 atom stereocenters. The van der Waals surface area contributed by atoms with Gasteiger partial charge in [0.2, 0.25) is 0 Å². The van der Waals surface area contributed by atoms with Crippen LogP contribution in [0.1, 0.15) is 24.8 Å². The third-order valence-electron chi connectivity index (χ3n) is 5.06. The Morgan fingerprint density at radius 1 is 1.20 bits per heavy atom. The molecule has 2 amide bonds. The average Bonchev–Trinajstić information content (AvgIpc) is 2.68. The molecule has 5 nitrogen and oxygen atoms in total. The van der Waals surface area contributed by atoms with E-state index in [1.807, 2.05) is 0 Å². The number of hydrogen-bond acceptors (Lipinski definition) is 4. The first kappa shape index (κ1) is 18.5. The molecule has 2 fully saturated rings. The summed E-state index contributed by atoms with van der Waals surface area (Å²) in [6.45, 7) is 6.01. The van der Waals surface area contributed by atoms with Gasteiger partial charge < -0.3 is 15.0 Å². The number of carbonyl (C=O) groups is 1. The number of thioether (sulfide) groups is 1. The number of ether oxygens (including phenoxy) is 1. The molecule has 0 spiro atoms. The second kappa shape index (κ2) is 9.46. The van der Waals surface area contributed by atoms with Gasteiger partial charge in [-0.1, -0.05) is 12.1 Å². The van der Waals surface area contributed by atoms with Crippen LogP contribution in [-0.2, 0) is 11.3 Å². The summed E-state index contributed by atoms with van der Waals surface area (Å²) in [4.78, 5) is 18.4. The number of likely N-dealkylation sites (tertiary alicyclic amines) is 1. The molecule has 1 N–H and O–H groups in total. The lowest BCUT2D eigenvalue weighted by Crippen LogP contribution is -2.53. The highest BCUT2D eigenvalue weighted by molar-refractivity contribution is 7.98. The van der Waals surface area contributed by atoms with Crippen molar-refractivity contribution in [1.82, 2.24) is 15.1 Å². The van der Waals surface area contributed by atoms with Crippen molar-refractivity contribution >= 4 is 17.8 Å². The number of nitrogens with one attached hydrogen (secondary N) is 1. The van der Waals surface area contributed by atoms with Crippen LogP contribution in [0.3, 0.4) is 0 Å². The van der Waals surface area contributed by atoms with E-state index in [2.05, 4.69) is 45.6 Å². The van der Waals surface area contributed by atoms with E-state index in [1.165, 1.54) is 11.3 Å². The van der Waals surface area contributed by atoms with Gasteiger partial charge in [0, 0.05) is 43.7 Å². The molecule has 0 saturated carbocycles. The molecule has 2 heterocycles. The van der Waals surface area contributed by atoms with Crippen LogP contribution in [0.5, 0.6) is 0 Å². The van der Waals surface area contributed by atoms with E-state index in [0.717, 1.165) is 57.8 Å². The Kier molecular flexibility index (Phi) is 7.02. The molecule has 0 radical (unpaired) electrons. The quantitative estimate of drug-likeness (QED) is 0.817. The molecular weight excluding hydrogens is 334 g/mol. The van der Waals surface area contributed by atoms with Gasteiger partial charge in [0.25, 0.3) is 0 Å². The molecule has 1 aromatic carbocycles. The minimum Gasteiger partial charge on any atom is -0.379 e. The number of benzene rings is 1. The molecule has 2 aliphatic heterocycles. The largest absolute Gasteiger partial charge is 0.379 e. The van der Waals surface area contributed by atoms with Gasteiger partial charge in [0.1, 0.15) is 0 Å². The van der Waals surface area contributed by atoms with Crippen LogP contribution in [-0.4, -0.2) is 67.5 Å². The number of piperidine rings is 1.